The normalized spacial score (nSPS) is 15.5. The van der Waals surface area contributed by atoms with E-state index < -0.39 is 0 Å². The minimum atomic E-state index is -0.211. The number of carbonyl (C=O) groups excluding carboxylic acids is 1. The minimum absolute atomic E-state index is 0.0311. The molecule has 1 saturated heterocycles. The Morgan fingerprint density at radius 2 is 1.92 bits per heavy atom. The van der Waals surface area contributed by atoms with Crippen LogP contribution < -0.4 is 0 Å². The highest BCUT2D eigenvalue weighted by Gasteiger charge is 2.26. The van der Waals surface area contributed by atoms with E-state index in [4.69, 9.17) is 4.74 Å². The summed E-state index contributed by atoms with van der Waals surface area (Å²) in [4.78, 5) is 17.9. The number of hydrogen-bond donors (Lipinski definition) is 1. The van der Waals surface area contributed by atoms with Gasteiger partial charge in [0.15, 0.2) is 0 Å². The van der Waals surface area contributed by atoms with Crippen LogP contribution in [0.4, 0.5) is 0 Å². The summed E-state index contributed by atoms with van der Waals surface area (Å²) in [6, 6.07) is 15.8. The van der Waals surface area contributed by atoms with Crippen LogP contribution in [0.3, 0.4) is 0 Å². The van der Waals surface area contributed by atoms with Gasteiger partial charge in [0.25, 0.3) is 0 Å². The summed E-state index contributed by atoms with van der Waals surface area (Å²) in [7, 11) is 0. The van der Waals surface area contributed by atoms with Crippen LogP contribution in [0.15, 0.2) is 61.2 Å². The maximum Gasteiger partial charge on any atom is 0.305 e. The zero-order valence-electron chi connectivity index (χ0n) is 20.8. The fourth-order valence-corrected chi connectivity index (χ4v) is 4.56. The SMILES string of the molecule is C=CCN1CCN([C@H](c2ccc(-c3nnn(CCCC(=O)OCC)n3)cc2)c2cccc(O)c2)CC1. The first-order chi connectivity index (χ1) is 17.6. The molecule has 2 heterocycles. The lowest BCUT2D eigenvalue weighted by Gasteiger charge is -2.39. The van der Waals surface area contributed by atoms with Crippen LogP contribution in [0.2, 0.25) is 0 Å². The quantitative estimate of drug-likeness (QED) is 0.323. The Kier molecular flexibility index (Phi) is 8.80. The topological polar surface area (TPSA) is 96.6 Å². The molecule has 1 aliphatic rings. The van der Waals surface area contributed by atoms with Crippen molar-refractivity contribution in [3.63, 3.8) is 0 Å². The van der Waals surface area contributed by atoms with Crippen molar-refractivity contribution in [2.24, 2.45) is 0 Å². The van der Waals surface area contributed by atoms with Crippen molar-refractivity contribution in [3.05, 3.63) is 72.3 Å². The monoisotopic (exact) mass is 490 g/mol. The molecule has 1 aromatic heterocycles. The number of aromatic nitrogens is 4. The number of nitrogens with zero attached hydrogens (tertiary/aromatic N) is 6. The molecule has 4 rings (SSSR count). The van der Waals surface area contributed by atoms with Gasteiger partial charge in [0, 0.05) is 44.7 Å². The Bertz CT molecular complexity index is 1140. The molecule has 0 saturated carbocycles. The van der Waals surface area contributed by atoms with Crippen LogP contribution in [0.5, 0.6) is 5.75 Å². The van der Waals surface area contributed by atoms with Crippen LogP contribution in [-0.2, 0) is 16.1 Å². The number of aryl methyl sites for hydroxylation is 1. The Morgan fingerprint density at radius 3 is 2.61 bits per heavy atom. The van der Waals surface area contributed by atoms with E-state index in [9.17, 15) is 9.90 Å². The van der Waals surface area contributed by atoms with Crippen LogP contribution in [0.25, 0.3) is 11.4 Å². The first-order valence-corrected chi connectivity index (χ1v) is 12.5. The second-order valence-electron chi connectivity index (χ2n) is 8.86. The van der Waals surface area contributed by atoms with E-state index in [1.165, 1.54) is 4.80 Å². The number of aromatic hydroxyl groups is 1. The molecule has 190 valence electrons. The highest BCUT2D eigenvalue weighted by atomic mass is 16.5. The van der Waals surface area contributed by atoms with E-state index in [1.807, 2.05) is 30.3 Å². The number of phenols is 1. The Labute approximate surface area is 212 Å². The Hall–Kier alpha value is -3.56. The van der Waals surface area contributed by atoms with E-state index in [0.29, 0.717) is 31.8 Å². The summed E-state index contributed by atoms with van der Waals surface area (Å²) >= 11 is 0. The van der Waals surface area contributed by atoms with Gasteiger partial charge in [-0.05, 0) is 41.8 Å². The average Bonchev–Trinajstić information content (AvgIpc) is 3.35. The molecule has 1 N–H and O–H groups in total. The van der Waals surface area contributed by atoms with Crippen LogP contribution >= 0.6 is 0 Å². The first-order valence-electron chi connectivity index (χ1n) is 12.5. The fraction of sp³-hybridized carbons (Fsp3) is 0.407. The molecular weight excluding hydrogens is 456 g/mol. The lowest BCUT2D eigenvalue weighted by atomic mass is 9.95. The number of benzene rings is 2. The first kappa shape index (κ1) is 25.5. The van der Waals surface area contributed by atoms with Gasteiger partial charge in [0.1, 0.15) is 5.75 Å². The van der Waals surface area contributed by atoms with E-state index in [-0.39, 0.29) is 17.8 Å². The second kappa shape index (κ2) is 12.4. The molecule has 1 fully saturated rings. The molecule has 1 aliphatic heterocycles. The van der Waals surface area contributed by atoms with Crippen molar-refractivity contribution in [1.82, 2.24) is 30.0 Å². The summed E-state index contributed by atoms with van der Waals surface area (Å²) in [6.45, 7) is 11.2. The van der Waals surface area contributed by atoms with Gasteiger partial charge >= 0.3 is 5.97 Å². The molecule has 0 unspecified atom stereocenters. The number of piperazine rings is 1. The minimum Gasteiger partial charge on any atom is -0.508 e. The lowest BCUT2D eigenvalue weighted by Crippen LogP contribution is -2.47. The van der Waals surface area contributed by atoms with Gasteiger partial charge in [-0.15, -0.1) is 16.8 Å². The van der Waals surface area contributed by atoms with E-state index in [1.54, 1.807) is 13.0 Å². The molecular formula is C27H34N6O3. The molecule has 9 heteroatoms. The summed E-state index contributed by atoms with van der Waals surface area (Å²) in [5.74, 6) is 0.602. The van der Waals surface area contributed by atoms with E-state index >= 15 is 0 Å². The fourth-order valence-electron chi connectivity index (χ4n) is 4.56. The predicted octanol–water partition coefficient (Wildman–Crippen LogP) is 3.28. The molecule has 0 amide bonds. The predicted molar refractivity (Wildman–Crippen MR) is 137 cm³/mol. The molecule has 1 atom stereocenters. The molecule has 0 radical (unpaired) electrons. The summed E-state index contributed by atoms with van der Waals surface area (Å²) in [5, 5.41) is 22.9. The van der Waals surface area contributed by atoms with Crippen LogP contribution in [-0.4, -0.2) is 80.4 Å². The summed E-state index contributed by atoms with van der Waals surface area (Å²) < 4.78 is 4.95. The number of rotatable bonds is 11. The van der Waals surface area contributed by atoms with Gasteiger partial charge in [-0.2, -0.15) is 4.80 Å². The largest absolute Gasteiger partial charge is 0.508 e. The van der Waals surface area contributed by atoms with Gasteiger partial charge in [0.05, 0.1) is 19.2 Å². The third kappa shape index (κ3) is 6.56. The van der Waals surface area contributed by atoms with E-state index in [2.05, 4.69) is 50.0 Å². The number of tetrazole rings is 1. The Morgan fingerprint density at radius 1 is 1.14 bits per heavy atom. The zero-order chi connectivity index (χ0) is 25.3. The van der Waals surface area contributed by atoms with E-state index in [0.717, 1.165) is 49.4 Å². The van der Waals surface area contributed by atoms with Gasteiger partial charge in [-0.3, -0.25) is 14.6 Å². The van der Waals surface area contributed by atoms with Crippen molar-refractivity contribution >= 4 is 5.97 Å². The van der Waals surface area contributed by atoms with Gasteiger partial charge in [-0.25, -0.2) is 0 Å². The van der Waals surface area contributed by atoms with Crippen molar-refractivity contribution < 1.29 is 14.6 Å². The third-order valence-electron chi connectivity index (χ3n) is 6.33. The maximum atomic E-state index is 11.5. The number of phenolic OH excluding ortho intramolecular Hbond substituents is 1. The molecule has 0 aliphatic carbocycles. The molecule has 2 aromatic carbocycles. The molecule has 36 heavy (non-hydrogen) atoms. The number of esters is 1. The van der Waals surface area contributed by atoms with Crippen molar-refractivity contribution in [2.75, 3.05) is 39.3 Å². The van der Waals surface area contributed by atoms with Gasteiger partial charge < -0.3 is 9.84 Å². The van der Waals surface area contributed by atoms with Gasteiger partial charge in [-0.1, -0.05) is 42.5 Å². The third-order valence-corrected chi connectivity index (χ3v) is 6.33. The average molecular weight is 491 g/mol. The van der Waals surface area contributed by atoms with Crippen molar-refractivity contribution in [2.45, 2.75) is 32.4 Å². The number of ether oxygens (including phenoxy) is 1. The van der Waals surface area contributed by atoms with Crippen molar-refractivity contribution in [1.29, 1.82) is 0 Å². The molecule has 0 spiro atoms. The van der Waals surface area contributed by atoms with Crippen LogP contribution in [0, 0.1) is 0 Å². The maximum absolute atomic E-state index is 11.5. The smallest absolute Gasteiger partial charge is 0.305 e. The zero-order valence-corrected chi connectivity index (χ0v) is 20.8. The lowest BCUT2D eigenvalue weighted by molar-refractivity contribution is -0.143. The molecule has 3 aromatic rings. The standard InChI is InChI=1S/C27H34N6O3/c1-3-14-31-16-18-32(19-17-31)26(23-7-5-8-24(34)20-23)21-10-12-22(13-11-21)27-28-30-33(29-27)15-6-9-25(35)36-4-2/h3,5,7-8,10-13,20,26,34H,1,4,6,9,14-19H2,2H3/t26-/m1/s1. The van der Waals surface area contributed by atoms with Gasteiger partial charge in [0.2, 0.25) is 5.82 Å². The second-order valence-corrected chi connectivity index (χ2v) is 8.86. The van der Waals surface area contributed by atoms with Crippen LogP contribution in [0.1, 0.15) is 36.9 Å². The number of carbonyl (C=O) groups is 1. The molecule has 9 nitrogen and oxygen atoms in total. The highest BCUT2D eigenvalue weighted by Crippen LogP contribution is 2.32. The Balaban J connectivity index is 1.47. The summed E-state index contributed by atoms with van der Waals surface area (Å²) in [5.41, 5.74) is 3.08. The summed E-state index contributed by atoms with van der Waals surface area (Å²) in [6.07, 6.45) is 2.88. The van der Waals surface area contributed by atoms with Crippen molar-refractivity contribution in [3.8, 4) is 17.1 Å². The number of hydrogen-bond acceptors (Lipinski definition) is 8. The molecule has 0 bridgehead atoms. The highest BCUT2D eigenvalue weighted by molar-refractivity contribution is 5.69.